The average Bonchev–Trinajstić information content (AvgIpc) is 3.00. The van der Waals surface area contributed by atoms with E-state index in [1.807, 2.05) is 28.5 Å². The summed E-state index contributed by atoms with van der Waals surface area (Å²) in [5, 5.41) is 2.90. The highest BCUT2D eigenvalue weighted by Gasteiger charge is 2.20. The molecule has 1 aromatic carbocycles. The molecule has 1 aromatic heterocycles. The third kappa shape index (κ3) is 5.17. The Labute approximate surface area is 143 Å². The molecule has 0 aliphatic heterocycles. The number of amides is 1. The van der Waals surface area contributed by atoms with Gasteiger partial charge < -0.3 is 4.90 Å². The molecule has 0 saturated carbocycles. The molecule has 3 nitrogen and oxygen atoms in total. The van der Waals surface area contributed by atoms with E-state index in [4.69, 9.17) is 0 Å². The van der Waals surface area contributed by atoms with E-state index in [0.29, 0.717) is 5.69 Å². The minimum Gasteiger partial charge on any atom is -0.335 e. The van der Waals surface area contributed by atoms with Gasteiger partial charge in [-0.3, -0.25) is 4.79 Å². The van der Waals surface area contributed by atoms with E-state index in [1.54, 1.807) is 11.3 Å². The van der Waals surface area contributed by atoms with Crippen LogP contribution < -0.4 is 0 Å². The fraction of sp³-hybridized carbons (Fsp3) is 0.474. The zero-order valence-corrected chi connectivity index (χ0v) is 15.1. The van der Waals surface area contributed by atoms with Crippen LogP contribution in [0.3, 0.4) is 0 Å². The van der Waals surface area contributed by atoms with E-state index in [2.05, 4.69) is 37.9 Å². The molecule has 0 spiro atoms. The maximum atomic E-state index is 12.7. The number of nitrogens with zero attached hydrogens (tertiary/aromatic N) is 2. The molecule has 0 fully saturated rings. The van der Waals surface area contributed by atoms with Crippen LogP contribution in [0.25, 0.3) is 0 Å². The third-order valence-corrected chi connectivity index (χ3v) is 4.70. The Balaban J connectivity index is 2.03. The van der Waals surface area contributed by atoms with Gasteiger partial charge in [0.2, 0.25) is 0 Å². The second-order valence-corrected chi connectivity index (χ2v) is 7.03. The molecular weight excluding hydrogens is 304 g/mol. The molecule has 0 aliphatic rings. The molecular formula is C19H26N2OS. The minimum absolute atomic E-state index is 0.0617. The maximum Gasteiger partial charge on any atom is 0.273 e. The predicted octanol–water partition coefficient (Wildman–Crippen LogP) is 4.77. The van der Waals surface area contributed by atoms with Crippen molar-refractivity contribution in [3.63, 3.8) is 0 Å². The Kier molecular flexibility index (Phi) is 6.78. The van der Waals surface area contributed by atoms with Gasteiger partial charge in [-0.25, -0.2) is 4.98 Å². The van der Waals surface area contributed by atoms with E-state index in [1.165, 1.54) is 5.56 Å². The third-order valence-electron chi connectivity index (χ3n) is 3.86. The summed E-state index contributed by atoms with van der Waals surface area (Å²) < 4.78 is 0. The lowest BCUT2D eigenvalue weighted by molar-refractivity contribution is 0.0697. The second-order valence-electron chi connectivity index (χ2n) is 6.09. The number of carbonyl (C=O) groups excluding carboxylic acids is 1. The molecule has 0 saturated heterocycles. The lowest BCUT2D eigenvalue weighted by Crippen LogP contribution is -2.37. The first-order valence-corrected chi connectivity index (χ1v) is 9.29. The van der Waals surface area contributed by atoms with Gasteiger partial charge in [0.1, 0.15) is 5.69 Å². The number of benzene rings is 1. The van der Waals surface area contributed by atoms with Crippen molar-refractivity contribution in [1.29, 1.82) is 0 Å². The van der Waals surface area contributed by atoms with Gasteiger partial charge in [0.15, 0.2) is 0 Å². The number of aromatic nitrogens is 1. The van der Waals surface area contributed by atoms with Crippen LogP contribution in [0.4, 0.5) is 0 Å². The van der Waals surface area contributed by atoms with E-state index in [-0.39, 0.29) is 11.9 Å². The zero-order valence-electron chi connectivity index (χ0n) is 14.3. The van der Waals surface area contributed by atoms with Gasteiger partial charge >= 0.3 is 0 Å². The lowest BCUT2D eigenvalue weighted by atomic mass is 10.2. The number of carbonyl (C=O) groups is 1. The van der Waals surface area contributed by atoms with Gasteiger partial charge in [-0.15, -0.1) is 11.3 Å². The van der Waals surface area contributed by atoms with Crippen LogP contribution in [0.2, 0.25) is 0 Å². The zero-order chi connectivity index (χ0) is 16.7. The highest BCUT2D eigenvalue weighted by molar-refractivity contribution is 7.09. The summed E-state index contributed by atoms with van der Waals surface area (Å²) in [6.45, 7) is 7.13. The normalized spacial score (nSPS) is 11.0. The van der Waals surface area contributed by atoms with E-state index < -0.39 is 0 Å². The van der Waals surface area contributed by atoms with Crippen LogP contribution in [-0.2, 0) is 6.42 Å². The van der Waals surface area contributed by atoms with Gasteiger partial charge in [-0.05, 0) is 25.8 Å². The highest BCUT2D eigenvalue weighted by Crippen LogP contribution is 2.17. The first-order valence-electron chi connectivity index (χ1n) is 8.41. The van der Waals surface area contributed by atoms with Gasteiger partial charge in [-0.2, -0.15) is 0 Å². The van der Waals surface area contributed by atoms with Crippen molar-refractivity contribution >= 4 is 17.2 Å². The number of hydrogen-bond acceptors (Lipinski definition) is 3. The van der Waals surface area contributed by atoms with Gasteiger partial charge in [0.25, 0.3) is 5.91 Å². The first kappa shape index (κ1) is 17.7. The molecule has 0 bridgehead atoms. The smallest absolute Gasteiger partial charge is 0.273 e. The Hall–Kier alpha value is -1.68. The van der Waals surface area contributed by atoms with E-state index in [9.17, 15) is 4.79 Å². The molecule has 0 atom stereocenters. The van der Waals surface area contributed by atoms with Crippen molar-refractivity contribution in [3.05, 3.63) is 52.0 Å². The van der Waals surface area contributed by atoms with Crippen molar-refractivity contribution in [1.82, 2.24) is 9.88 Å². The van der Waals surface area contributed by atoms with Crippen molar-refractivity contribution in [2.24, 2.45) is 0 Å². The summed E-state index contributed by atoms with van der Waals surface area (Å²) in [5.74, 6) is 0.0617. The van der Waals surface area contributed by atoms with Crippen LogP contribution in [-0.4, -0.2) is 28.4 Å². The molecule has 23 heavy (non-hydrogen) atoms. The van der Waals surface area contributed by atoms with Crippen molar-refractivity contribution in [3.8, 4) is 0 Å². The van der Waals surface area contributed by atoms with Crippen LogP contribution >= 0.6 is 11.3 Å². The summed E-state index contributed by atoms with van der Waals surface area (Å²) in [6.07, 6.45) is 4.17. The van der Waals surface area contributed by atoms with Crippen LogP contribution in [0, 0.1) is 0 Å². The number of unbranched alkanes of at least 4 members (excludes halogenated alkanes) is 2. The Bertz CT molecular complexity index is 607. The van der Waals surface area contributed by atoms with Crippen LogP contribution in [0.15, 0.2) is 35.7 Å². The molecule has 0 aliphatic carbocycles. The molecule has 2 aromatic rings. The fourth-order valence-corrected chi connectivity index (χ4v) is 3.34. The van der Waals surface area contributed by atoms with E-state index >= 15 is 0 Å². The number of hydrogen-bond donors (Lipinski definition) is 0. The van der Waals surface area contributed by atoms with Gasteiger partial charge in [0.05, 0.1) is 5.01 Å². The number of rotatable bonds is 8. The lowest BCUT2D eigenvalue weighted by Gasteiger charge is -2.26. The van der Waals surface area contributed by atoms with Gasteiger partial charge in [-0.1, -0.05) is 50.1 Å². The standard InChI is InChI=1S/C19H26N2OS/c1-4-5-9-12-21(15(2)3)19(22)17-14-23-18(20-17)13-16-10-7-6-8-11-16/h6-8,10-11,14-15H,4-5,9,12-13H2,1-3H3. The first-order chi connectivity index (χ1) is 11.1. The van der Waals surface area contributed by atoms with Crippen LogP contribution in [0.5, 0.6) is 0 Å². The summed E-state index contributed by atoms with van der Waals surface area (Å²) in [7, 11) is 0. The largest absolute Gasteiger partial charge is 0.335 e. The summed E-state index contributed by atoms with van der Waals surface area (Å²) in [5.41, 5.74) is 1.82. The maximum absolute atomic E-state index is 12.7. The predicted molar refractivity (Wildman–Crippen MR) is 97.1 cm³/mol. The second kappa shape index (κ2) is 8.82. The molecule has 0 N–H and O–H groups in total. The monoisotopic (exact) mass is 330 g/mol. The van der Waals surface area contributed by atoms with Crippen LogP contribution in [0.1, 0.15) is 61.1 Å². The minimum atomic E-state index is 0.0617. The van der Waals surface area contributed by atoms with Crippen molar-refractivity contribution in [2.75, 3.05) is 6.54 Å². The average molecular weight is 330 g/mol. The number of thiazole rings is 1. The molecule has 0 radical (unpaired) electrons. The topological polar surface area (TPSA) is 33.2 Å². The Morgan fingerprint density at radius 1 is 1.22 bits per heavy atom. The molecule has 1 amide bonds. The quantitative estimate of drug-likeness (QED) is 0.653. The van der Waals surface area contributed by atoms with Crippen molar-refractivity contribution < 1.29 is 4.79 Å². The highest BCUT2D eigenvalue weighted by atomic mass is 32.1. The molecule has 4 heteroatoms. The Morgan fingerprint density at radius 2 is 1.96 bits per heavy atom. The molecule has 1 heterocycles. The summed E-state index contributed by atoms with van der Waals surface area (Å²) in [4.78, 5) is 19.2. The summed E-state index contributed by atoms with van der Waals surface area (Å²) in [6, 6.07) is 10.5. The summed E-state index contributed by atoms with van der Waals surface area (Å²) >= 11 is 1.57. The Morgan fingerprint density at radius 3 is 2.61 bits per heavy atom. The van der Waals surface area contributed by atoms with E-state index in [0.717, 1.165) is 37.2 Å². The van der Waals surface area contributed by atoms with Gasteiger partial charge in [0, 0.05) is 24.4 Å². The van der Waals surface area contributed by atoms with Crippen molar-refractivity contribution in [2.45, 2.75) is 52.5 Å². The molecule has 124 valence electrons. The fourth-order valence-electron chi connectivity index (χ4n) is 2.53. The molecule has 0 unspecified atom stereocenters. The molecule has 2 rings (SSSR count). The SMILES string of the molecule is CCCCCN(C(=O)c1csc(Cc2ccccc2)n1)C(C)C.